The third kappa shape index (κ3) is 3.83. The van der Waals surface area contributed by atoms with Crippen molar-refractivity contribution in [3.8, 4) is 0 Å². The van der Waals surface area contributed by atoms with Gasteiger partial charge in [-0.2, -0.15) is 0 Å². The van der Waals surface area contributed by atoms with Gasteiger partial charge in [-0.25, -0.2) is 0 Å². The van der Waals surface area contributed by atoms with Crippen LogP contribution in [0.4, 0.5) is 5.69 Å². The maximum atomic E-state index is 12.6. The second-order valence-electron chi connectivity index (χ2n) is 6.52. The number of benzene rings is 2. The average Bonchev–Trinajstić information content (AvgIpc) is 2.62. The first-order chi connectivity index (χ1) is 12.5. The number of anilines is 1. The topological polar surface area (TPSA) is 75.4 Å². The number of rotatable bonds is 5. The van der Waals surface area contributed by atoms with E-state index in [1.54, 1.807) is 11.0 Å². The maximum absolute atomic E-state index is 12.6. The molecule has 2 amide bonds. The lowest BCUT2D eigenvalue weighted by atomic mass is 9.95. The van der Waals surface area contributed by atoms with Gasteiger partial charge in [-0.3, -0.25) is 9.59 Å². The summed E-state index contributed by atoms with van der Waals surface area (Å²) in [5.41, 5.74) is 8.44. The number of hydrogen-bond donors (Lipinski definition) is 2. The number of primary amides is 1. The van der Waals surface area contributed by atoms with Gasteiger partial charge in [-0.1, -0.05) is 48.0 Å². The zero-order valence-corrected chi connectivity index (χ0v) is 15.4. The quantitative estimate of drug-likeness (QED) is 0.848. The Hall–Kier alpha value is -2.53. The largest absolute Gasteiger partial charge is 0.368 e. The summed E-state index contributed by atoms with van der Waals surface area (Å²) in [5, 5.41) is 3.57. The van der Waals surface area contributed by atoms with Crippen molar-refractivity contribution < 1.29 is 9.59 Å². The van der Waals surface area contributed by atoms with E-state index < -0.39 is 11.9 Å². The SMILES string of the molecule is CC(NC(=O)CN1c2ccccc2CCC1C(N)=O)c1ccccc1Cl. The number of halogens is 1. The molecule has 1 aliphatic heterocycles. The van der Waals surface area contributed by atoms with E-state index in [2.05, 4.69) is 5.32 Å². The number of hydrogen-bond acceptors (Lipinski definition) is 3. The van der Waals surface area contributed by atoms with Crippen molar-refractivity contribution in [3.05, 3.63) is 64.7 Å². The molecule has 1 heterocycles. The highest BCUT2D eigenvalue weighted by Crippen LogP contribution is 2.30. The molecule has 0 fully saturated rings. The summed E-state index contributed by atoms with van der Waals surface area (Å²) < 4.78 is 0. The molecule has 0 radical (unpaired) electrons. The summed E-state index contributed by atoms with van der Waals surface area (Å²) in [6.07, 6.45) is 1.39. The number of para-hydroxylation sites is 1. The summed E-state index contributed by atoms with van der Waals surface area (Å²) in [7, 11) is 0. The molecule has 0 saturated heterocycles. The predicted octanol–water partition coefficient (Wildman–Crippen LogP) is 2.82. The van der Waals surface area contributed by atoms with E-state index in [-0.39, 0.29) is 18.5 Å². The molecule has 0 aliphatic carbocycles. The van der Waals surface area contributed by atoms with Crippen LogP contribution in [0.5, 0.6) is 0 Å². The third-order valence-electron chi connectivity index (χ3n) is 4.76. The Morgan fingerprint density at radius 1 is 1.23 bits per heavy atom. The van der Waals surface area contributed by atoms with Gasteiger partial charge in [0.25, 0.3) is 0 Å². The smallest absolute Gasteiger partial charge is 0.240 e. The zero-order valence-electron chi connectivity index (χ0n) is 14.6. The van der Waals surface area contributed by atoms with Crippen LogP contribution < -0.4 is 16.0 Å². The van der Waals surface area contributed by atoms with Gasteiger partial charge in [0.05, 0.1) is 12.6 Å². The Kier molecular flexibility index (Phi) is 5.47. The first kappa shape index (κ1) is 18.3. The fraction of sp³-hybridized carbons (Fsp3) is 0.300. The highest BCUT2D eigenvalue weighted by molar-refractivity contribution is 6.31. The van der Waals surface area contributed by atoms with Crippen molar-refractivity contribution in [3.63, 3.8) is 0 Å². The van der Waals surface area contributed by atoms with E-state index in [1.807, 2.05) is 49.4 Å². The average molecular weight is 372 g/mol. The van der Waals surface area contributed by atoms with E-state index in [1.165, 1.54) is 0 Å². The molecule has 0 aromatic heterocycles. The van der Waals surface area contributed by atoms with E-state index in [9.17, 15) is 9.59 Å². The Bertz CT molecular complexity index is 824. The monoisotopic (exact) mass is 371 g/mol. The van der Waals surface area contributed by atoms with Crippen molar-refractivity contribution >= 4 is 29.1 Å². The minimum absolute atomic E-state index is 0.0689. The Balaban J connectivity index is 1.76. The van der Waals surface area contributed by atoms with Gasteiger partial charge in [0.1, 0.15) is 6.04 Å². The Morgan fingerprint density at radius 3 is 2.65 bits per heavy atom. The van der Waals surface area contributed by atoms with Crippen molar-refractivity contribution in [1.82, 2.24) is 5.32 Å². The number of carbonyl (C=O) groups is 2. The highest BCUT2D eigenvalue weighted by Gasteiger charge is 2.31. The lowest BCUT2D eigenvalue weighted by Gasteiger charge is -2.36. The summed E-state index contributed by atoms with van der Waals surface area (Å²) in [6, 6.07) is 14.5. The van der Waals surface area contributed by atoms with Crippen LogP contribution in [0.25, 0.3) is 0 Å². The van der Waals surface area contributed by atoms with Crippen molar-refractivity contribution in [2.75, 3.05) is 11.4 Å². The number of nitrogens with one attached hydrogen (secondary N) is 1. The molecule has 2 aromatic rings. The van der Waals surface area contributed by atoms with E-state index >= 15 is 0 Å². The highest BCUT2D eigenvalue weighted by atomic mass is 35.5. The molecule has 6 heteroatoms. The zero-order chi connectivity index (χ0) is 18.7. The molecule has 0 spiro atoms. The minimum Gasteiger partial charge on any atom is -0.368 e. The molecule has 5 nitrogen and oxygen atoms in total. The Morgan fingerprint density at radius 2 is 1.92 bits per heavy atom. The summed E-state index contributed by atoms with van der Waals surface area (Å²) >= 11 is 6.20. The standard InChI is InChI=1S/C20H22ClN3O2/c1-13(15-7-3-4-8-16(15)21)23-19(25)12-24-17-9-5-2-6-14(17)10-11-18(24)20(22)26/h2-9,13,18H,10-12H2,1H3,(H2,22,26)(H,23,25). The fourth-order valence-electron chi connectivity index (χ4n) is 3.46. The number of amides is 2. The molecular formula is C20H22ClN3O2. The number of fused-ring (bicyclic) bond motifs is 1. The number of carbonyl (C=O) groups excluding carboxylic acids is 2. The Labute approximate surface area is 158 Å². The van der Waals surface area contributed by atoms with Gasteiger partial charge < -0.3 is 16.0 Å². The molecule has 1 aliphatic rings. The lowest BCUT2D eigenvalue weighted by Crippen LogP contribution is -2.51. The number of nitrogens with two attached hydrogens (primary N) is 1. The van der Waals surface area contributed by atoms with E-state index in [0.717, 1.165) is 23.2 Å². The fourth-order valence-corrected chi connectivity index (χ4v) is 3.75. The van der Waals surface area contributed by atoms with Crippen LogP contribution >= 0.6 is 11.6 Å². The maximum Gasteiger partial charge on any atom is 0.240 e. The molecule has 2 unspecified atom stereocenters. The van der Waals surface area contributed by atoms with Crippen LogP contribution in [0.1, 0.15) is 30.5 Å². The number of aryl methyl sites for hydroxylation is 1. The molecule has 2 aromatic carbocycles. The second kappa shape index (κ2) is 7.79. The van der Waals surface area contributed by atoms with E-state index in [4.69, 9.17) is 17.3 Å². The lowest BCUT2D eigenvalue weighted by molar-refractivity contribution is -0.121. The predicted molar refractivity (Wildman–Crippen MR) is 103 cm³/mol. The normalized spacial score (nSPS) is 17.3. The summed E-state index contributed by atoms with van der Waals surface area (Å²) in [4.78, 5) is 26.3. The van der Waals surface area contributed by atoms with Gasteiger partial charge >= 0.3 is 0 Å². The molecule has 0 saturated carbocycles. The van der Waals surface area contributed by atoms with E-state index in [0.29, 0.717) is 11.4 Å². The molecular weight excluding hydrogens is 350 g/mol. The first-order valence-electron chi connectivity index (χ1n) is 8.65. The van der Waals surface area contributed by atoms with Crippen LogP contribution in [0.15, 0.2) is 48.5 Å². The molecule has 3 rings (SSSR count). The molecule has 0 bridgehead atoms. The summed E-state index contributed by atoms with van der Waals surface area (Å²) in [5.74, 6) is -0.591. The van der Waals surface area contributed by atoms with Crippen LogP contribution in [0.3, 0.4) is 0 Å². The minimum atomic E-state index is -0.480. The van der Waals surface area contributed by atoms with Crippen LogP contribution in [0, 0.1) is 0 Å². The molecule has 2 atom stereocenters. The van der Waals surface area contributed by atoms with Gasteiger partial charge in [0.15, 0.2) is 0 Å². The van der Waals surface area contributed by atoms with Crippen LogP contribution in [-0.4, -0.2) is 24.4 Å². The van der Waals surface area contributed by atoms with Crippen molar-refractivity contribution in [2.45, 2.75) is 31.8 Å². The molecule has 26 heavy (non-hydrogen) atoms. The van der Waals surface area contributed by atoms with Gasteiger partial charge in [-0.05, 0) is 43.0 Å². The van der Waals surface area contributed by atoms with Gasteiger partial charge in [-0.15, -0.1) is 0 Å². The van der Waals surface area contributed by atoms with Crippen molar-refractivity contribution in [2.24, 2.45) is 5.73 Å². The van der Waals surface area contributed by atoms with Gasteiger partial charge in [0.2, 0.25) is 11.8 Å². The molecule has 3 N–H and O–H groups in total. The third-order valence-corrected chi connectivity index (χ3v) is 5.10. The van der Waals surface area contributed by atoms with Gasteiger partial charge in [0, 0.05) is 10.7 Å². The first-order valence-corrected chi connectivity index (χ1v) is 9.03. The van der Waals surface area contributed by atoms with Crippen LogP contribution in [0.2, 0.25) is 5.02 Å². The summed E-state index contributed by atoms with van der Waals surface area (Å²) in [6.45, 7) is 1.95. The molecule has 136 valence electrons. The second-order valence-corrected chi connectivity index (χ2v) is 6.93. The number of nitrogens with zero attached hydrogens (tertiary/aromatic N) is 1. The van der Waals surface area contributed by atoms with Crippen molar-refractivity contribution in [1.29, 1.82) is 0 Å². The van der Waals surface area contributed by atoms with Crippen LogP contribution in [-0.2, 0) is 16.0 Å².